The molecule has 0 aliphatic rings. The van der Waals surface area contributed by atoms with Crippen molar-refractivity contribution >= 4 is 23.6 Å². The molecule has 1 N–H and O–H groups in total. The molecule has 2 atom stereocenters. The molecule has 2 rings (SSSR count). The van der Waals surface area contributed by atoms with Gasteiger partial charge in [-0.1, -0.05) is 60.7 Å². The van der Waals surface area contributed by atoms with Crippen LogP contribution in [0.3, 0.4) is 0 Å². The summed E-state index contributed by atoms with van der Waals surface area (Å²) >= 11 is 0. The molecule has 0 radical (unpaired) electrons. The molecule has 7 nitrogen and oxygen atoms in total. The van der Waals surface area contributed by atoms with Gasteiger partial charge in [-0.3, -0.25) is 14.4 Å². The first-order valence-corrected chi connectivity index (χ1v) is 9.05. The highest BCUT2D eigenvalue weighted by Gasteiger charge is 2.37. The lowest BCUT2D eigenvalue weighted by Crippen LogP contribution is -2.48. The molecule has 7 heteroatoms. The summed E-state index contributed by atoms with van der Waals surface area (Å²) < 4.78 is 9.75. The summed E-state index contributed by atoms with van der Waals surface area (Å²) in [6, 6.07) is 16.9. The minimum atomic E-state index is -1.61. The summed E-state index contributed by atoms with van der Waals surface area (Å²) in [5.41, 5.74) is 1.53. The highest BCUT2D eigenvalue weighted by atomic mass is 16.5. The van der Waals surface area contributed by atoms with Crippen LogP contribution in [0.1, 0.15) is 18.1 Å². The van der Waals surface area contributed by atoms with Gasteiger partial charge in [-0.05, 0) is 24.5 Å². The third-order valence-electron chi connectivity index (χ3n) is 4.26. The van der Waals surface area contributed by atoms with Gasteiger partial charge in [0.15, 0.2) is 17.5 Å². The highest BCUT2D eigenvalue weighted by molar-refractivity contribution is 6.18. The zero-order chi connectivity index (χ0) is 21.2. The summed E-state index contributed by atoms with van der Waals surface area (Å²) in [5.74, 6) is -3.97. The van der Waals surface area contributed by atoms with Crippen molar-refractivity contribution in [3.63, 3.8) is 0 Å². The second kappa shape index (κ2) is 10.8. The average Bonchev–Trinajstić information content (AvgIpc) is 2.73. The summed E-state index contributed by atoms with van der Waals surface area (Å²) in [6.07, 6.45) is -0.726. The number of benzene rings is 2. The van der Waals surface area contributed by atoms with Crippen LogP contribution in [-0.2, 0) is 36.9 Å². The van der Waals surface area contributed by atoms with Crippen molar-refractivity contribution in [2.24, 2.45) is 5.92 Å². The Morgan fingerprint density at radius 3 is 1.97 bits per heavy atom. The van der Waals surface area contributed by atoms with Gasteiger partial charge in [0, 0.05) is 0 Å². The van der Waals surface area contributed by atoms with Crippen molar-refractivity contribution in [3.8, 4) is 0 Å². The molecule has 0 heterocycles. The molecule has 29 heavy (non-hydrogen) atoms. The van der Waals surface area contributed by atoms with Gasteiger partial charge in [-0.25, -0.2) is 4.79 Å². The van der Waals surface area contributed by atoms with E-state index in [2.05, 4.69) is 10.1 Å². The second-order valence-electron chi connectivity index (χ2n) is 6.42. The smallest absolute Gasteiger partial charge is 0.408 e. The fraction of sp³-hybridized carbons (Fsp3) is 0.273. The number of Topliss-reactive ketones (excluding diaryl/α,β-unsaturated/α-hetero) is 2. The number of carbonyl (C=O) groups is 4. The van der Waals surface area contributed by atoms with Crippen LogP contribution in [0.25, 0.3) is 0 Å². The van der Waals surface area contributed by atoms with Gasteiger partial charge in [0.05, 0.1) is 13.2 Å². The van der Waals surface area contributed by atoms with Gasteiger partial charge in [-0.2, -0.15) is 0 Å². The third kappa shape index (κ3) is 6.57. The van der Waals surface area contributed by atoms with Gasteiger partial charge in [-0.15, -0.1) is 0 Å². The monoisotopic (exact) mass is 397 g/mol. The Morgan fingerprint density at radius 1 is 0.897 bits per heavy atom. The van der Waals surface area contributed by atoms with E-state index in [1.807, 2.05) is 24.3 Å². The van der Waals surface area contributed by atoms with Crippen LogP contribution in [-0.4, -0.2) is 36.8 Å². The van der Waals surface area contributed by atoms with Crippen molar-refractivity contribution < 1.29 is 28.7 Å². The number of carbonyl (C=O) groups excluding carboxylic acids is 4. The van der Waals surface area contributed by atoms with Crippen LogP contribution in [0.2, 0.25) is 0 Å². The maximum Gasteiger partial charge on any atom is 0.408 e. The molecule has 0 fully saturated rings. The number of hydrogen-bond donors (Lipinski definition) is 1. The van der Waals surface area contributed by atoms with Crippen LogP contribution in [0, 0.1) is 5.92 Å². The van der Waals surface area contributed by atoms with Gasteiger partial charge in [0.25, 0.3) is 0 Å². The normalized spacial score (nSPS) is 12.3. The van der Waals surface area contributed by atoms with Crippen molar-refractivity contribution in [3.05, 3.63) is 71.8 Å². The molecule has 2 aromatic rings. The quantitative estimate of drug-likeness (QED) is 0.516. The van der Waals surface area contributed by atoms with Crippen LogP contribution < -0.4 is 5.32 Å². The molecular weight excluding hydrogens is 374 g/mol. The van der Waals surface area contributed by atoms with Crippen LogP contribution >= 0.6 is 0 Å². The molecule has 0 saturated carbocycles. The fourth-order valence-electron chi connectivity index (χ4n) is 2.78. The zero-order valence-electron chi connectivity index (χ0n) is 16.3. The summed E-state index contributed by atoms with van der Waals surface area (Å²) in [7, 11) is 1.10. The molecule has 0 spiro atoms. The highest BCUT2D eigenvalue weighted by Crippen LogP contribution is 2.12. The molecule has 2 aromatic carbocycles. The van der Waals surface area contributed by atoms with E-state index in [1.54, 1.807) is 36.4 Å². The number of ketones is 2. The summed E-state index contributed by atoms with van der Waals surface area (Å²) in [4.78, 5) is 49.0. The number of ether oxygens (including phenoxy) is 2. The topological polar surface area (TPSA) is 98.8 Å². The van der Waals surface area contributed by atoms with E-state index in [9.17, 15) is 19.2 Å². The lowest BCUT2D eigenvalue weighted by Gasteiger charge is -2.21. The molecule has 0 bridgehead atoms. The van der Waals surface area contributed by atoms with Crippen LogP contribution in [0.4, 0.5) is 4.79 Å². The lowest BCUT2D eigenvalue weighted by molar-refractivity contribution is -0.153. The molecule has 0 aliphatic carbocycles. The van der Waals surface area contributed by atoms with Crippen LogP contribution in [0.5, 0.6) is 0 Å². The summed E-state index contributed by atoms with van der Waals surface area (Å²) in [6.45, 7) is 1.15. The van der Waals surface area contributed by atoms with E-state index in [1.165, 1.54) is 0 Å². The first-order valence-electron chi connectivity index (χ1n) is 9.05. The molecular formula is C22H23NO6. The van der Waals surface area contributed by atoms with Crippen LogP contribution in [0.15, 0.2) is 60.7 Å². The standard InChI is InChI=1S/C22H23NO6/c1-15(24)19(21(26)28-2)20(25)18(13-16-9-5-3-6-10-16)23-22(27)29-14-17-11-7-4-8-12-17/h3-12,18-19H,13-14H2,1-2H3,(H,23,27). The van der Waals surface area contributed by atoms with E-state index >= 15 is 0 Å². The van der Waals surface area contributed by atoms with E-state index in [4.69, 9.17) is 4.74 Å². The maximum absolute atomic E-state index is 12.9. The van der Waals surface area contributed by atoms with E-state index < -0.39 is 35.6 Å². The van der Waals surface area contributed by atoms with Crippen molar-refractivity contribution in [1.82, 2.24) is 5.32 Å². The third-order valence-corrected chi connectivity index (χ3v) is 4.26. The number of alkyl carbamates (subject to hydrolysis) is 1. The Hall–Kier alpha value is -3.48. The summed E-state index contributed by atoms with van der Waals surface area (Å²) in [5, 5.41) is 2.48. The first kappa shape index (κ1) is 21.8. The number of methoxy groups -OCH3 is 1. The van der Waals surface area contributed by atoms with Gasteiger partial charge < -0.3 is 14.8 Å². The average molecular weight is 397 g/mol. The fourth-order valence-corrected chi connectivity index (χ4v) is 2.78. The number of rotatable bonds is 9. The Bertz CT molecular complexity index is 850. The van der Waals surface area contributed by atoms with Crippen molar-refractivity contribution in [2.75, 3.05) is 7.11 Å². The Kier molecular flexibility index (Phi) is 8.09. The number of amides is 1. The molecule has 0 aromatic heterocycles. The number of hydrogen-bond acceptors (Lipinski definition) is 6. The second-order valence-corrected chi connectivity index (χ2v) is 6.42. The number of nitrogens with one attached hydrogen (secondary N) is 1. The predicted molar refractivity (Wildman–Crippen MR) is 105 cm³/mol. The van der Waals surface area contributed by atoms with E-state index in [-0.39, 0.29) is 13.0 Å². The van der Waals surface area contributed by atoms with Crippen molar-refractivity contribution in [1.29, 1.82) is 0 Å². The van der Waals surface area contributed by atoms with E-state index in [0.29, 0.717) is 0 Å². The molecule has 2 unspecified atom stereocenters. The lowest BCUT2D eigenvalue weighted by atomic mass is 9.91. The number of esters is 1. The Labute approximate surface area is 169 Å². The van der Waals surface area contributed by atoms with E-state index in [0.717, 1.165) is 25.2 Å². The molecule has 0 saturated heterocycles. The van der Waals surface area contributed by atoms with Gasteiger partial charge in [0.1, 0.15) is 6.61 Å². The van der Waals surface area contributed by atoms with Gasteiger partial charge >= 0.3 is 12.1 Å². The Morgan fingerprint density at radius 2 is 1.45 bits per heavy atom. The zero-order valence-corrected chi connectivity index (χ0v) is 16.3. The maximum atomic E-state index is 12.9. The first-order chi connectivity index (χ1) is 13.9. The largest absolute Gasteiger partial charge is 0.468 e. The molecule has 0 aliphatic heterocycles. The SMILES string of the molecule is COC(=O)C(C(C)=O)C(=O)C(Cc1ccccc1)NC(=O)OCc1ccccc1. The minimum Gasteiger partial charge on any atom is -0.468 e. The molecule has 152 valence electrons. The molecule has 1 amide bonds. The van der Waals surface area contributed by atoms with Crippen molar-refractivity contribution in [2.45, 2.75) is 26.0 Å². The Balaban J connectivity index is 2.15. The van der Waals surface area contributed by atoms with Gasteiger partial charge in [0.2, 0.25) is 0 Å². The predicted octanol–water partition coefficient (Wildman–Crippen LogP) is 2.47. The minimum absolute atomic E-state index is 0.0199.